The van der Waals surface area contributed by atoms with E-state index in [0.717, 1.165) is 42.6 Å². The van der Waals surface area contributed by atoms with Gasteiger partial charge in [-0.3, -0.25) is 4.79 Å². The molecule has 0 bridgehead atoms. The molecule has 1 aliphatic carbocycles. The summed E-state index contributed by atoms with van der Waals surface area (Å²) in [5.74, 6) is 1.41. The topological polar surface area (TPSA) is 56.5 Å². The molecule has 92 valence electrons. The fourth-order valence-corrected chi connectivity index (χ4v) is 2.24. The quantitative estimate of drug-likeness (QED) is 0.592. The summed E-state index contributed by atoms with van der Waals surface area (Å²) in [7, 11) is 1.37. The third kappa shape index (κ3) is 2.57. The van der Waals surface area contributed by atoms with Crippen LogP contribution in [-0.4, -0.2) is 19.4 Å². The molecule has 1 aliphatic rings. The maximum absolute atomic E-state index is 11.0. The van der Waals surface area contributed by atoms with Crippen molar-refractivity contribution in [2.45, 2.75) is 38.0 Å². The average molecular weight is 236 g/mol. The number of rotatable bonds is 4. The Morgan fingerprint density at radius 1 is 1.65 bits per heavy atom. The van der Waals surface area contributed by atoms with Crippen LogP contribution < -0.4 is 0 Å². The number of aryl methyl sites for hydroxylation is 2. The summed E-state index contributed by atoms with van der Waals surface area (Å²) in [6.45, 7) is 0. The number of methoxy groups -OCH3 is 1. The second-order valence-electron chi connectivity index (χ2n) is 4.30. The molecule has 17 heavy (non-hydrogen) atoms. The Labute approximate surface area is 99.9 Å². The minimum absolute atomic E-state index is 0.0330. The molecule has 4 heteroatoms. The van der Waals surface area contributed by atoms with Crippen molar-refractivity contribution in [2.24, 2.45) is 0 Å². The van der Waals surface area contributed by atoms with E-state index < -0.39 is 0 Å². The van der Waals surface area contributed by atoms with Gasteiger partial charge >= 0.3 is 5.97 Å². The Kier molecular flexibility index (Phi) is 3.61. The van der Waals surface area contributed by atoms with Crippen molar-refractivity contribution < 1.29 is 18.7 Å². The number of furan rings is 1. The zero-order valence-corrected chi connectivity index (χ0v) is 9.90. The first-order chi connectivity index (χ1) is 8.24. The highest BCUT2D eigenvalue weighted by Crippen LogP contribution is 2.32. The highest BCUT2D eigenvalue weighted by atomic mass is 16.5. The van der Waals surface area contributed by atoms with E-state index >= 15 is 0 Å². The molecule has 0 saturated heterocycles. The maximum atomic E-state index is 11.0. The number of hydrogen-bond donors (Lipinski definition) is 0. The Hall–Kier alpha value is -1.58. The van der Waals surface area contributed by atoms with Gasteiger partial charge in [-0.1, -0.05) is 0 Å². The van der Waals surface area contributed by atoms with Crippen molar-refractivity contribution in [1.82, 2.24) is 0 Å². The summed E-state index contributed by atoms with van der Waals surface area (Å²) in [5, 5.41) is 0. The van der Waals surface area contributed by atoms with Crippen molar-refractivity contribution in [3.05, 3.63) is 23.2 Å². The second kappa shape index (κ2) is 5.17. The normalized spacial score (nSPS) is 18.5. The van der Waals surface area contributed by atoms with Gasteiger partial charge in [0.05, 0.1) is 13.5 Å². The molecule has 1 aromatic rings. The lowest BCUT2D eigenvalue weighted by molar-refractivity contribution is -0.140. The van der Waals surface area contributed by atoms with Crippen molar-refractivity contribution in [3.8, 4) is 0 Å². The van der Waals surface area contributed by atoms with Crippen LogP contribution in [0.2, 0.25) is 0 Å². The third-order valence-electron chi connectivity index (χ3n) is 3.18. The lowest BCUT2D eigenvalue weighted by Gasteiger charge is -2.15. The van der Waals surface area contributed by atoms with Gasteiger partial charge in [-0.05, 0) is 18.9 Å². The van der Waals surface area contributed by atoms with Crippen molar-refractivity contribution in [1.29, 1.82) is 0 Å². The highest BCUT2D eigenvalue weighted by Gasteiger charge is 2.24. The van der Waals surface area contributed by atoms with Gasteiger partial charge in [0, 0.05) is 24.3 Å². The molecule has 1 heterocycles. The molecule has 0 aliphatic heterocycles. The monoisotopic (exact) mass is 236 g/mol. The maximum Gasteiger partial charge on any atom is 0.305 e. The smallest absolute Gasteiger partial charge is 0.305 e. The molecule has 4 nitrogen and oxygen atoms in total. The minimum Gasteiger partial charge on any atom is -0.469 e. The fourth-order valence-electron chi connectivity index (χ4n) is 2.24. The molecule has 2 rings (SSSR count). The van der Waals surface area contributed by atoms with Crippen LogP contribution >= 0.6 is 0 Å². The van der Waals surface area contributed by atoms with Crippen LogP contribution in [0.3, 0.4) is 0 Å². The summed E-state index contributed by atoms with van der Waals surface area (Å²) in [6.07, 6.45) is 4.60. The van der Waals surface area contributed by atoms with E-state index in [4.69, 9.17) is 4.42 Å². The van der Waals surface area contributed by atoms with Crippen LogP contribution in [-0.2, 0) is 27.2 Å². The van der Waals surface area contributed by atoms with Crippen molar-refractivity contribution >= 4 is 12.3 Å². The molecule has 0 aromatic carbocycles. The fraction of sp³-hybridized carbons (Fsp3) is 0.538. The minimum atomic E-state index is -0.244. The Morgan fingerprint density at radius 2 is 2.47 bits per heavy atom. The molecular weight excluding hydrogens is 220 g/mol. The number of fused-ring (bicyclic) bond motifs is 1. The predicted octanol–water partition coefficient (Wildman–Crippen LogP) is 2.00. The number of hydrogen-bond acceptors (Lipinski definition) is 4. The zero-order chi connectivity index (χ0) is 12.3. The second-order valence-corrected chi connectivity index (χ2v) is 4.30. The SMILES string of the molecule is COC(=O)CCc1cc2c(o1)CCCC2C=O. The van der Waals surface area contributed by atoms with E-state index in [0.29, 0.717) is 12.8 Å². The zero-order valence-electron chi connectivity index (χ0n) is 9.90. The van der Waals surface area contributed by atoms with Crippen LogP contribution in [0, 0.1) is 0 Å². The van der Waals surface area contributed by atoms with E-state index in [1.165, 1.54) is 7.11 Å². The van der Waals surface area contributed by atoms with Gasteiger partial charge < -0.3 is 13.9 Å². The first kappa shape index (κ1) is 11.9. The molecule has 0 saturated carbocycles. The Bertz CT molecular complexity index is 419. The molecule has 1 aromatic heterocycles. The molecule has 0 amide bonds. The molecule has 1 unspecified atom stereocenters. The Balaban J connectivity index is 2.08. The molecule has 0 spiro atoms. The lowest BCUT2D eigenvalue weighted by atomic mass is 9.88. The van der Waals surface area contributed by atoms with E-state index in [2.05, 4.69) is 4.74 Å². The molecular formula is C13H16O4. The predicted molar refractivity (Wildman–Crippen MR) is 60.8 cm³/mol. The van der Waals surface area contributed by atoms with Gasteiger partial charge in [0.15, 0.2) is 0 Å². The van der Waals surface area contributed by atoms with Gasteiger partial charge in [-0.2, -0.15) is 0 Å². The van der Waals surface area contributed by atoms with Crippen LogP contribution in [0.1, 0.15) is 42.3 Å². The van der Waals surface area contributed by atoms with Crippen LogP contribution in [0.5, 0.6) is 0 Å². The summed E-state index contributed by atoms with van der Waals surface area (Å²) in [4.78, 5) is 22.0. The van der Waals surface area contributed by atoms with Gasteiger partial charge in [-0.15, -0.1) is 0 Å². The van der Waals surface area contributed by atoms with Crippen molar-refractivity contribution in [2.75, 3.05) is 7.11 Å². The van der Waals surface area contributed by atoms with Gasteiger partial charge in [0.1, 0.15) is 17.8 Å². The van der Waals surface area contributed by atoms with Crippen LogP contribution in [0.4, 0.5) is 0 Å². The first-order valence-electron chi connectivity index (χ1n) is 5.88. The summed E-state index contributed by atoms with van der Waals surface area (Å²) in [6, 6.07) is 1.91. The summed E-state index contributed by atoms with van der Waals surface area (Å²) in [5.41, 5.74) is 1.01. The number of ether oxygens (including phenoxy) is 1. The van der Waals surface area contributed by atoms with E-state index in [9.17, 15) is 9.59 Å². The number of aldehydes is 1. The van der Waals surface area contributed by atoms with Crippen LogP contribution in [0.25, 0.3) is 0 Å². The number of carbonyl (C=O) groups excluding carboxylic acids is 2. The van der Waals surface area contributed by atoms with E-state index in [-0.39, 0.29) is 11.9 Å². The number of esters is 1. The molecule has 0 N–H and O–H groups in total. The van der Waals surface area contributed by atoms with Crippen LogP contribution in [0.15, 0.2) is 10.5 Å². The number of carbonyl (C=O) groups is 2. The third-order valence-corrected chi connectivity index (χ3v) is 3.18. The molecule has 0 radical (unpaired) electrons. The van der Waals surface area contributed by atoms with Gasteiger partial charge in [-0.25, -0.2) is 0 Å². The molecule has 1 atom stereocenters. The van der Waals surface area contributed by atoms with Gasteiger partial charge in [0.2, 0.25) is 0 Å². The summed E-state index contributed by atoms with van der Waals surface area (Å²) >= 11 is 0. The summed E-state index contributed by atoms with van der Waals surface area (Å²) < 4.78 is 10.2. The standard InChI is InChI=1S/C13H16O4/c1-16-13(15)6-5-10-7-11-9(8-14)3-2-4-12(11)17-10/h7-9H,2-6H2,1H3. The van der Waals surface area contributed by atoms with Gasteiger partial charge in [0.25, 0.3) is 0 Å². The average Bonchev–Trinajstić information content (AvgIpc) is 2.78. The van der Waals surface area contributed by atoms with E-state index in [1.54, 1.807) is 0 Å². The van der Waals surface area contributed by atoms with Crippen molar-refractivity contribution in [3.63, 3.8) is 0 Å². The lowest BCUT2D eigenvalue weighted by Crippen LogP contribution is -2.07. The molecule has 0 fully saturated rings. The largest absolute Gasteiger partial charge is 0.469 e. The van der Waals surface area contributed by atoms with E-state index in [1.807, 2.05) is 6.07 Å². The Morgan fingerprint density at radius 3 is 3.18 bits per heavy atom. The highest BCUT2D eigenvalue weighted by molar-refractivity contribution is 5.69. The first-order valence-corrected chi connectivity index (χ1v) is 5.88.